The van der Waals surface area contributed by atoms with Crippen molar-refractivity contribution in [1.29, 1.82) is 0 Å². The molecule has 2 aromatic carbocycles. The molecule has 6 nitrogen and oxygen atoms in total. The van der Waals surface area contributed by atoms with Gasteiger partial charge in [0, 0.05) is 24.3 Å². The molecule has 4 aromatic rings. The molecule has 0 radical (unpaired) electrons. The fourth-order valence-corrected chi connectivity index (χ4v) is 4.52. The van der Waals surface area contributed by atoms with Gasteiger partial charge in [0.1, 0.15) is 17.1 Å². The quantitative estimate of drug-likeness (QED) is 0.465. The van der Waals surface area contributed by atoms with Crippen LogP contribution in [0.25, 0.3) is 29.1 Å². The van der Waals surface area contributed by atoms with Gasteiger partial charge in [0.05, 0.1) is 12.7 Å². The number of fused-ring (bicyclic) bond motifs is 1. The first-order chi connectivity index (χ1) is 16.2. The van der Waals surface area contributed by atoms with Gasteiger partial charge in [-0.15, -0.1) is 0 Å². The minimum Gasteiger partial charge on any atom is -0.497 e. The number of methoxy groups -OCH3 is 1. The van der Waals surface area contributed by atoms with Crippen LogP contribution in [0, 0.1) is 6.92 Å². The number of piperidine rings is 1. The monoisotopic (exact) mass is 440 g/mol. The molecule has 0 saturated carbocycles. The summed E-state index contributed by atoms with van der Waals surface area (Å²) < 4.78 is 6.84. The molecule has 1 fully saturated rings. The minimum atomic E-state index is -0.124. The van der Waals surface area contributed by atoms with Gasteiger partial charge in [0.2, 0.25) is 0 Å². The van der Waals surface area contributed by atoms with Gasteiger partial charge in [-0.1, -0.05) is 48.5 Å². The molecular formula is C27H28N4O2. The van der Waals surface area contributed by atoms with Crippen molar-refractivity contribution in [3.63, 3.8) is 0 Å². The molecule has 33 heavy (non-hydrogen) atoms. The van der Waals surface area contributed by atoms with Crippen LogP contribution in [0.4, 0.5) is 5.69 Å². The highest BCUT2D eigenvalue weighted by Crippen LogP contribution is 2.34. The zero-order valence-corrected chi connectivity index (χ0v) is 19.0. The maximum Gasteiger partial charge on any atom is 0.281 e. The maximum absolute atomic E-state index is 13.6. The molecule has 1 N–H and O–H groups in total. The molecule has 0 amide bonds. The molecule has 1 aliphatic heterocycles. The number of aryl methyl sites for hydroxylation is 1. The Morgan fingerprint density at radius 1 is 1.00 bits per heavy atom. The van der Waals surface area contributed by atoms with E-state index in [9.17, 15) is 4.79 Å². The van der Waals surface area contributed by atoms with Crippen LogP contribution in [-0.4, -0.2) is 34.8 Å². The third-order valence-electron chi connectivity index (χ3n) is 6.25. The van der Waals surface area contributed by atoms with Crippen molar-refractivity contribution >= 4 is 23.5 Å². The molecule has 168 valence electrons. The summed E-state index contributed by atoms with van der Waals surface area (Å²) in [6.45, 7) is 3.89. The molecular weight excluding hydrogens is 412 g/mol. The molecule has 0 atom stereocenters. The van der Waals surface area contributed by atoms with Gasteiger partial charge in [-0.05, 0) is 50.0 Å². The number of nitrogens with one attached hydrogen (secondary N) is 1. The Balaban J connectivity index is 1.65. The average Bonchev–Trinajstić information content (AvgIpc) is 3.24. The van der Waals surface area contributed by atoms with E-state index in [1.54, 1.807) is 7.11 Å². The largest absolute Gasteiger partial charge is 0.497 e. The van der Waals surface area contributed by atoms with Crippen LogP contribution in [0.3, 0.4) is 0 Å². The van der Waals surface area contributed by atoms with Gasteiger partial charge in [-0.2, -0.15) is 9.61 Å². The lowest BCUT2D eigenvalue weighted by molar-refractivity contribution is 0.414. The summed E-state index contributed by atoms with van der Waals surface area (Å²) >= 11 is 0. The highest BCUT2D eigenvalue weighted by Gasteiger charge is 2.24. The second-order valence-electron chi connectivity index (χ2n) is 8.45. The number of aromatic amines is 1. The first kappa shape index (κ1) is 21.1. The smallest absolute Gasteiger partial charge is 0.281 e. The molecule has 0 bridgehead atoms. The molecule has 0 unspecified atom stereocenters. The van der Waals surface area contributed by atoms with E-state index in [2.05, 4.69) is 22.0 Å². The molecule has 0 spiro atoms. The van der Waals surface area contributed by atoms with Gasteiger partial charge in [0.25, 0.3) is 5.56 Å². The lowest BCUT2D eigenvalue weighted by Crippen LogP contribution is -2.30. The third kappa shape index (κ3) is 4.04. The molecule has 1 aliphatic rings. The third-order valence-corrected chi connectivity index (χ3v) is 6.25. The lowest BCUT2D eigenvalue weighted by Gasteiger charge is -2.28. The van der Waals surface area contributed by atoms with E-state index in [0.717, 1.165) is 65.5 Å². The van der Waals surface area contributed by atoms with Crippen molar-refractivity contribution in [3.8, 4) is 17.0 Å². The van der Waals surface area contributed by atoms with Gasteiger partial charge in [-0.25, -0.2) is 0 Å². The van der Waals surface area contributed by atoms with Crippen LogP contribution in [0.15, 0.2) is 59.4 Å². The van der Waals surface area contributed by atoms with E-state index in [-0.39, 0.29) is 5.56 Å². The number of ether oxygens (including phenoxy) is 1. The van der Waals surface area contributed by atoms with Crippen molar-refractivity contribution < 1.29 is 4.74 Å². The highest BCUT2D eigenvalue weighted by atomic mass is 16.5. The van der Waals surface area contributed by atoms with Gasteiger partial charge >= 0.3 is 0 Å². The molecule has 1 saturated heterocycles. The number of nitrogens with zero attached hydrogens (tertiary/aromatic N) is 3. The number of rotatable bonds is 5. The Morgan fingerprint density at radius 3 is 2.55 bits per heavy atom. The normalized spacial score (nSPS) is 14.3. The summed E-state index contributed by atoms with van der Waals surface area (Å²) in [6.07, 6.45) is 7.32. The number of anilines is 1. The van der Waals surface area contributed by atoms with Crippen LogP contribution < -0.4 is 15.2 Å². The Morgan fingerprint density at radius 2 is 1.79 bits per heavy atom. The summed E-state index contributed by atoms with van der Waals surface area (Å²) in [7, 11) is 1.65. The Hall–Kier alpha value is -3.80. The average molecular weight is 441 g/mol. The van der Waals surface area contributed by atoms with E-state index in [1.807, 2.05) is 61.5 Å². The highest BCUT2D eigenvalue weighted by molar-refractivity contribution is 5.86. The van der Waals surface area contributed by atoms with Crippen LogP contribution in [0.2, 0.25) is 0 Å². The first-order valence-electron chi connectivity index (χ1n) is 11.4. The minimum absolute atomic E-state index is 0.124. The zero-order valence-electron chi connectivity index (χ0n) is 19.0. The predicted molar refractivity (Wildman–Crippen MR) is 134 cm³/mol. The van der Waals surface area contributed by atoms with Crippen LogP contribution >= 0.6 is 0 Å². The summed E-state index contributed by atoms with van der Waals surface area (Å²) in [5.74, 6) is 0.781. The molecule has 3 heterocycles. The van der Waals surface area contributed by atoms with Crippen molar-refractivity contribution in [2.24, 2.45) is 0 Å². The zero-order chi connectivity index (χ0) is 22.8. The van der Waals surface area contributed by atoms with Crippen molar-refractivity contribution in [2.75, 3.05) is 25.1 Å². The van der Waals surface area contributed by atoms with Gasteiger partial charge in [0.15, 0.2) is 5.65 Å². The maximum atomic E-state index is 13.6. The van der Waals surface area contributed by atoms with Crippen LogP contribution in [-0.2, 0) is 0 Å². The van der Waals surface area contributed by atoms with Gasteiger partial charge in [-0.3, -0.25) is 4.79 Å². The summed E-state index contributed by atoms with van der Waals surface area (Å²) in [5, 5.41) is 4.82. The number of H-pyrrole nitrogens is 1. The number of hydrogen-bond acceptors (Lipinski definition) is 4. The Kier molecular flexibility index (Phi) is 5.73. The predicted octanol–water partition coefficient (Wildman–Crippen LogP) is 5.17. The van der Waals surface area contributed by atoms with E-state index >= 15 is 0 Å². The summed E-state index contributed by atoms with van der Waals surface area (Å²) in [6, 6.07) is 17.9. The van der Waals surface area contributed by atoms with Crippen molar-refractivity contribution in [1.82, 2.24) is 14.6 Å². The van der Waals surface area contributed by atoms with Crippen molar-refractivity contribution in [3.05, 3.63) is 81.8 Å². The SMILES string of the molecule is COc1cccc(/C=C/c2c(C)[nH]c3c(N4CCCCC4)c(-c4ccccc4)nn3c2=O)c1. The molecule has 5 rings (SSSR count). The first-order valence-corrected chi connectivity index (χ1v) is 11.4. The van der Waals surface area contributed by atoms with Crippen molar-refractivity contribution in [2.45, 2.75) is 26.2 Å². The Bertz CT molecular complexity index is 1360. The lowest BCUT2D eigenvalue weighted by atomic mass is 10.1. The fourth-order valence-electron chi connectivity index (χ4n) is 4.52. The molecule has 0 aliphatic carbocycles. The standard InChI is InChI=1S/C27H28N4O2/c1-19-23(15-14-20-10-9-13-22(18-20)33-2)27(32)31-26(28-19)25(30-16-7-4-8-17-30)24(29-31)21-11-5-3-6-12-21/h3,5-6,9-15,18,28H,4,7-8,16-17H2,1-2H3/b15-14+. The van der Waals surface area contributed by atoms with Crippen LogP contribution in [0.1, 0.15) is 36.1 Å². The summed E-state index contributed by atoms with van der Waals surface area (Å²) in [4.78, 5) is 19.4. The topological polar surface area (TPSA) is 62.6 Å². The van der Waals surface area contributed by atoms with E-state index < -0.39 is 0 Å². The number of aromatic nitrogens is 3. The number of benzene rings is 2. The van der Waals surface area contributed by atoms with E-state index in [0.29, 0.717) is 5.56 Å². The van der Waals surface area contributed by atoms with Crippen LogP contribution in [0.5, 0.6) is 5.75 Å². The summed E-state index contributed by atoms with van der Waals surface area (Å²) in [5.41, 5.74) is 5.90. The second kappa shape index (κ2) is 8.98. The molecule has 2 aromatic heterocycles. The molecule has 6 heteroatoms. The second-order valence-corrected chi connectivity index (χ2v) is 8.45. The Labute approximate surface area is 193 Å². The fraction of sp³-hybridized carbons (Fsp3) is 0.259. The number of hydrogen-bond donors (Lipinski definition) is 1. The van der Waals surface area contributed by atoms with E-state index in [1.165, 1.54) is 10.9 Å². The van der Waals surface area contributed by atoms with Gasteiger partial charge < -0.3 is 14.6 Å². The van der Waals surface area contributed by atoms with E-state index in [4.69, 9.17) is 9.84 Å².